The number of carbonyl (C=O) groups is 1. The maximum absolute atomic E-state index is 12.4. The zero-order valence-corrected chi connectivity index (χ0v) is 15.1. The zero-order valence-electron chi connectivity index (χ0n) is 15.1. The van der Waals surface area contributed by atoms with Gasteiger partial charge in [0, 0.05) is 6.54 Å². The van der Waals surface area contributed by atoms with Crippen molar-refractivity contribution in [3.05, 3.63) is 0 Å². The minimum atomic E-state index is -0.0133. The summed E-state index contributed by atoms with van der Waals surface area (Å²) in [5.41, 5.74) is 0. The molecule has 1 saturated carbocycles. The van der Waals surface area contributed by atoms with E-state index in [9.17, 15) is 4.79 Å². The monoisotopic (exact) mass is 310 g/mol. The van der Waals surface area contributed by atoms with Gasteiger partial charge in [0.05, 0.1) is 6.04 Å². The Bertz CT molecular complexity index is 283. The van der Waals surface area contributed by atoms with E-state index in [-0.39, 0.29) is 11.9 Å². The van der Waals surface area contributed by atoms with Crippen LogP contribution in [-0.4, -0.2) is 25.0 Å². The quantitative estimate of drug-likeness (QED) is 0.467. The van der Waals surface area contributed by atoms with Gasteiger partial charge in [0.1, 0.15) is 0 Å². The van der Waals surface area contributed by atoms with Gasteiger partial charge in [0.2, 0.25) is 5.91 Å². The fraction of sp³-hybridized carbons (Fsp3) is 0.947. The highest BCUT2D eigenvalue weighted by Gasteiger charge is 2.19. The molecule has 0 saturated heterocycles. The van der Waals surface area contributed by atoms with Crippen LogP contribution in [0.2, 0.25) is 0 Å². The van der Waals surface area contributed by atoms with Crippen LogP contribution < -0.4 is 10.6 Å². The van der Waals surface area contributed by atoms with Crippen molar-refractivity contribution in [1.82, 2.24) is 10.6 Å². The molecule has 2 N–H and O–H groups in total. The lowest BCUT2D eigenvalue weighted by Gasteiger charge is -2.21. The Morgan fingerprint density at radius 3 is 2.36 bits per heavy atom. The number of carbonyl (C=O) groups excluding carboxylic acids is 1. The van der Waals surface area contributed by atoms with Gasteiger partial charge in [-0.05, 0) is 37.6 Å². The summed E-state index contributed by atoms with van der Waals surface area (Å²) in [6.45, 7) is 8.37. The van der Waals surface area contributed by atoms with Crippen molar-refractivity contribution >= 4 is 5.91 Å². The summed E-state index contributed by atoms with van der Waals surface area (Å²) < 4.78 is 0. The molecule has 0 aliphatic heterocycles. The summed E-state index contributed by atoms with van der Waals surface area (Å²) in [6, 6.07) is -0.0133. The molecule has 0 aromatic rings. The fourth-order valence-electron chi connectivity index (χ4n) is 3.38. The molecule has 0 bridgehead atoms. The largest absolute Gasteiger partial charge is 0.355 e. The summed E-state index contributed by atoms with van der Waals surface area (Å²) in [6.07, 6.45) is 12.7. The van der Waals surface area contributed by atoms with Gasteiger partial charge in [-0.1, -0.05) is 65.7 Å². The van der Waals surface area contributed by atoms with Crippen LogP contribution in [0, 0.1) is 11.8 Å². The topological polar surface area (TPSA) is 41.1 Å². The number of unbranched alkanes of at least 4 members (excludes halogenated alkanes) is 1. The first-order valence-corrected chi connectivity index (χ1v) is 9.64. The second-order valence-corrected chi connectivity index (χ2v) is 7.43. The van der Waals surface area contributed by atoms with Crippen molar-refractivity contribution in [3.8, 4) is 0 Å². The van der Waals surface area contributed by atoms with E-state index in [1.165, 1.54) is 44.9 Å². The van der Waals surface area contributed by atoms with Crippen LogP contribution in [0.15, 0.2) is 0 Å². The third-order valence-corrected chi connectivity index (χ3v) is 4.77. The molecule has 130 valence electrons. The van der Waals surface area contributed by atoms with Gasteiger partial charge in [0.15, 0.2) is 0 Å². The molecule has 1 fully saturated rings. The lowest BCUT2D eigenvalue weighted by molar-refractivity contribution is -0.123. The van der Waals surface area contributed by atoms with Crippen molar-refractivity contribution in [2.75, 3.05) is 13.1 Å². The average Bonchev–Trinajstić information content (AvgIpc) is 2.74. The second kappa shape index (κ2) is 11.9. The first-order valence-electron chi connectivity index (χ1n) is 9.64. The molecular weight excluding hydrogens is 272 g/mol. The van der Waals surface area contributed by atoms with Crippen LogP contribution in [0.4, 0.5) is 0 Å². The molecule has 0 heterocycles. The van der Waals surface area contributed by atoms with Gasteiger partial charge in [-0.15, -0.1) is 0 Å². The molecule has 3 heteroatoms. The highest BCUT2D eigenvalue weighted by atomic mass is 16.2. The van der Waals surface area contributed by atoms with Crippen molar-refractivity contribution in [2.45, 2.75) is 91.0 Å². The Morgan fingerprint density at radius 1 is 1.09 bits per heavy atom. The van der Waals surface area contributed by atoms with E-state index >= 15 is 0 Å². The number of hydrogen-bond acceptors (Lipinski definition) is 2. The Hall–Kier alpha value is -0.570. The predicted molar refractivity (Wildman–Crippen MR) is 95.0 cm³/mol. The zero-order chi connectivity index (χ0) is 16.2. The molecule has 1 aliphatic carbocycles. The highest BCUT2D eigenvalue weighted by Crippen LogP contribution is 2.24. The van der Waals surface area contributed by atoms with E-state index < -0.39 is 0 Å². The standard InChI is InChI=1S/C19H38N2O/c1-4-5-13-20-18(15-16(2)3)19(22)21-14-12-17-10-8-6-7-9-11-17/h16-18,20H,4-15H2,1-3H3,(H,21,22)/t18-/m0/s1. The molecule has 0 radical (unpaired) electrons. The van der Waals surface area contributed by atoms with Crippen LogP contribution in [0.1, 0.15) is 85.0 Å². The Morgan fingerprint density at radius 2 is 1.77 bits per heavy atom. The number of amides is 1. The fourth-order valence-corrected chi connectivity index (χ4v) is 3.38. The molecular formula is C19H38N2O. The Balaban J connectivity index is 2.28. The second-order valence-electron chi connectivity index (χ2n) is 7.43. The normalized spacial score (nSPS) is 18.2. The van der Waals surface area contributed by atoms with Crippen molar-refractivity contribution < 1.29 is 4.79 Å². The molecule has 0 aromatic heterocycles. The molecule has 0 aromatic carbocycles. The minimum absolute atomic E-state index is 0.0133. The van der Waals surface area contributed by atoms with Gasteiger partial charge in [-0.2, -0.15) is 0 Å². The van der Waals surface area contributed by atoms with E-state index in [4.69, 9.17) is 0 Å². The van der Waals surface area contributed by atoms with Crippen molar-refractivity contribution in [1.29, 1.82) is 0 Å². The molecule has 1 aliphatic rings. The summed E-state index contributed by atoms with van der Waals surface area (Å²) in [5.74, 6) is 1.59. The number of rotatable bonds is 10. The molecule has 1 amide bonds. The first kappa shape index (κ1) is 19.5. The molecule has 1 rings (SSSR count). The average molecular weight is 311 g/mol. The van der Waals surface area contributed by atoms with Crippen LogP contribution in [-0.2, 0) is 4.79 Å². The van der Waals surface area contributed by atoms with E-state index in [1.54, 1.807) is 0 Å². The SMILES string of the molecule is CCCCN[C@@H](CC(C)C)C(=O)NCCC1CCCCCC1. The van der Waals surface area contributed by atoms with E-state index in [0.29, 0.717) is 5.92 Å². The van der Waals surface area contributed by atoms with E-state index in [0.717, 1.165) is 38.3 Å². The van der Waals surface area contributed by atoms with Crippen LogP contribution >= 0.6 is 0 Å². The highest BCUT2D eigenvalue weighted by molar-refractivity contribution is 5.81. The van der Waals surface area contributed by atoms with Gasteiger partial charge in [0.25, 0.3) is 0 Å². The predicted octanol–water partition coefficient (Wildman–Crippen LogP) is 4.27. The Kier molecular flexibility index (Phi) is 10.6. The molecule has 22 heavy (non-hydrogen) atoms. The molecule has 3 nitrogen and oxygen atoms in total. The third-order valence-electron chi connectivity index (χ3n) is 4.77. The van der Waals surface area contributed by atoms with Crippen molar-refractivity contribution in [2.24, 2.45) is 11.8 Å². The van der Waals surface area contributed by atoms with Crippen LogP contribution in [0.25, 0.3) is 0 Å². The molecule has 1 atom stereocenters. The summed E-state index contributed by atoms with van der Waals surface area (Å²) in [5, 5.41) is 6.62. The van der Waals surface area contributed by atoms with Gasteiger partial charge < -0.3 is 10.6 Å². The van der Waals surface area contributed by atoms with Gasteiger partial charge >= 0.3 is 0 Å². The molecule has 0 spiro atoms. The molecule has 0 unspecified atom stereocenters. The van der Waals surface area contributed by atoms with Gasteiger partial charge in [-0.25, -0.2) is 0 Å². The maximum Gasteiger partial charge on any atom is 0.237 e. The summed E-state index contributed by atoms with van der Waals surface area (Å²) >= 11 is 0. The Labute approximate surface area is 138 Å². The van der Waals surface area contributed by atoms with E-state index in [1.807, 2.05) is 0 Å². The third kappa shape index (κ3) is 8.77. The van der Waals surface area contributed by atoms with Crippen molar-refractivity contribution in [3.63, 3.8) is 0 Å². The van der Waals surface area contributed by atoms with E-state index in [2.05, 4.69) is 31.4 Å². The first-order chi connectivity index (χ1) is 10.6. The maximum atomic E-state index is 12.4. The van der Waals surface area contributed by atoms with Gasteiger partial charge in [-0.3, -0.25) is 4.79 Å². The lowest BCUT2D eigenvalue weighted by Crippen LogP contribution is -2.45. The number of hydrogen-bond donors (Lipinski definition) is 2. The smallest absolute Gasteiger partial charge is 0.237 e. The minimum Gasteiger partial charge on any atom is -0.355 e. The number of nitrogens with one attached hydrogen (secondary N) is 2. The van der Waals surface area contributed by atoms with Crippen LogP contribution in [0.5, 0.6) is 0 Å². The lowest BCUT2D eigenvalue weighted by atomic mass is 9.96. The summed E-state index contributed by atoms with van der Waals surface area (Å²) in [7, 11) is 0. The summed E-state index contributed by atoms with van der Waals surface area (Å²) in [4.78, 5) is 12.4. The van der Waals surface area contributed by atoms with Crippen LogP contribution in [0.3, 0.4) is 0 Å².